The molecule has 2 N–H and O–H groups in total. The maximum absolute atomic E-state index is 13.3. The molecule has 0 fully saturated rings. The summed E-state index contributed by atoms with van der Waals surface area (Å²) >= 11 is 6.17. The van der Waals surface area contributed by atoms with Crippen LogP contribution < -0.4 is 15.4 Å². The fraction of sp³-hybridized carbons (Fsp3) is 0.227. The molecule has 31 heavy (non-hydrogen) atoms. The molecule has 3 rings (SSSR count). The van der Waals surface area contributed by atoms with E-state index in [1.165, 1.54) is 31.5 Å². The molecule has 7 nitrogen and oxygen atoms in total. The molecule has 0 radical (unpaired) electrons. The van der Waals surface area contributed by atoms with Gasteiger partial charge in [-0.1, -0.05) is 23.7 Å². The van der Waals surface area contributed by atoms with Gasteiger partial charge in [-0.25, -0.2) is 9.18 Å². The van der Waals surface area contributed by atoms with Gasteiger partial charge >= 0.3 is 5.97 Å². The number of anilines is 1. The van der Waals surface area contributed by atoms with Crippen molar-refractivity contribution in [2.75, 3.05) is 19.0 Å². The monoisotopic (exact) mass is 446 g/mol. The van der Waals surface area contributed by atoms with Crippen molar-refractivity contribution in [1.29, 1.82) is 0 Å². The molecule has 0 saturated heterocycles. The number of ether oxygens (including phenoxy) is 2. The van der Waals surface area contributed by atoms with E-state index in [9.17, 15) is 18.8 Å². The Balaban J connectivity index is 1.84. The summed E-state index contributed by atoms with van der Waals surface area (Å²) in [6.07, 6.45) is 1.41. The van der Waals surface area contributed by atoms with E-state index in [0.717, 1.165) is 0 Å². The summed E-state index contributed by atoms with van der Waals surface area (Å²) in [7, 11) is 1.24. The second-order valence-electron chi connectivity index (χ2n) is 6.89. The van der Waals surface area contributed by atoms with Crippen molar-refractivity contribution < 1.29 is 28.2 Å². The Labute approximate surface area is 183 Å². The largest absolute Gasteiger partial charge is 0.480 e. The van der Waals surface area contributed by atoms with Crippen LogP contribution in [0.5, 0.6) is 5.75 Å². The van der Waals surface area contributed by atoms with Crippen LogP contribution in [0.1, 0.15) is 23.5 Å². The number of carbonyl (C=O) groups excluding carboxylic acids is 3. The summed E-state index contributed by atoms with van der Waals surface area (Å²) in [5.41, 5.74) is 2.05. The topological polar surface area (TPSA) is 93.7 Å². The van der Waals surface area contributed by atoms with E-state index in [1.54, 1.807) is 25.1 Å². The van der Waals surface area contributed by atoms with Gasteiger partial charge < -0.3 is 20.1 Å². The SMILES string of the molecule is COC(=O)COc1cc(NC(=O)C2=CNC(=O)CC2c2ccc(F)cc2)c(C)cc1Cl. The van der Waals surface area contributed by atoms with E-state index in [0.29, 0.717) is 22.4 Å². The first-order valence-electron chi connectivity index (χ1n) is 9.34. The van der Waals surface area contributed by atoms with Crippen LogP contribution in [-0.2, 0) is 19.1 Å². The Morgan fingerprint density at radius 2 is 1.97 bits per heavy atom. The van der Waals surface area contributed by atoms with Gasteiger partial charge in [0.2, 0.25) is 5.91 Å². The van der Waals surface area contributed by atoms with Crippen molar-refractivity contribution in [3.8, 4) is 5.75 Å². The predicted molar refractivity (Wildman–Crippen MR) is 112 cm³/mol. The van der Waals surface area contributed by atoms with Gasteiger partial charge in [0, 0.05) is 35.9 Å². The highest BCUT2D eigenvalue weighted by Gasteiger charge is 2.29. The zero-order valence-corrected chi connectivity index (χ0v) is 17.6. The first-order chi connectivity index (χ1) is 14.8. The Hall–Kier alpha value is -3.39. The lowest BCUT2D eigenvalue weighted by molar-refractivity contribution is -0.142. The highest BCUT2D eigenvalue weighted by atomic mass is 35.5. The second-order valence-corrected chi connectivity index (χ2v) is 7.30. The molecule has 162 valence electrons. The lowest BCUT2D eigenvalue weighted by atomic mass is 9.86. The molecule has 9 heteroatoms. The molecule has 1 heterocycles. The summed E-state index contributed by atoms with van der Waals surface area (Å²) in [5.74, 6) is -2.00. The fourth-order valence-electron chi connectivity index (χ4n) is 3.12. The number of benzene rings is 2. The van der Waals surface area contributed by atoms with E-state index in [2.05, 4.69) is 15.4 Å². The van der Waals surface area contributed by atoms with E-state index in [1.807, 2.05) is 0 Å². The smallest absolute Gasteiger partial charge is 0.343 e. The minimum Gasteiger partial charge on any atom is -0.480 e. The van der Waals surface area contributed by atoms with Crippen LogP contribution >= 0.6 is 11.6 Å². The highest BCUT2D eigenvalue weighted by Crippen LogP contribution is 2.34. The minimum atomic E-state index is -0.576. The number of hydrogen-bond acceptors (Lipinski definition) is 5. The third kappa shape index (κ3) is 5.40. The minimum absolute atomic E-state index is 0.0535. The van der Waals surface area contributed by atoms with Crippen molar-refractivity contribution in [3.63, 3.8) is 0 Å². The number of methoxy groups -OCH3 is 1. The molecule has 1 aliphatic heterocycles. The lowest BCUT2D eigenvalue weighted by Crippen LogP contribution is -2.32. The van der Waals surface area contributed by atoms with Crippen molar-refractivity contribution >= 4 is 35.1 Å². The summed E-state index contributed by atoms with van der Waals surface area (Å²) in [6.45, 7) is 1.41. The highest BCUT2D eigenvalue weighted by molar-refractivity contribution is 6.32. The van der Waals surface area contributed by atoms with Gasteiger partial charge in [0.25, 0.3) is 5.91 Å². The molecule has 0 aromatic heterocycles. The Kier molecular flexibility index (Phi) is 6.91. The Bertz CT molecular complexity index is 1050. The number of rotatable bonds is 6. The van der Waals surface area contributed by atoms with Crippen LogP contribution in [0.25, 0.3) is 0 Å². The van der Waals surface area contributed by atoms with Gasteiger partial charge in [-0.2, -0.15) is 0 Å². The maximum Gasteiger partial charge on any atom is 0.343 e. The van der Waals surface area contributed by atoms with Crippen molar-refractivity contribution in [1.82, 2.24) is 5.32 Å². The quantitative estimate of drug-likeness (QED) is 0.663. The van der Waals surface area contributed by atoms with E-state index in [4.69, 9.17) is 16.3 Å². The molecule has 1 unspecified atom stereocenters. The van der Waals surface area contributed by atoms with E-state index >= 15 is 0 Å². The number of hydrogen-bond donors (Lipinski definition) is 2. The van der Waals surface area contributed by atoms with Crippen LogP contribution in [0, 0.1) is 12.7 Å². The zero-order valence-electron chi connectivity index (χ0n) is 16.8. The van der Waals surface area contributed by atoms with Crippen LogP contribution in [0.4, 0.5) is 10.1 Å². The number of halogens is 2. The van der Waals surface area contributed by atoms with Crippen molar-refractivity contribution in [2.24, 2.45) is 0 Å². The Morgan fingerprint density at radius 1 is 1.26 bits per heavy atom. The molecule has 0 aliphatic carbocycles. The molecule has 2 aromatic rings. The first-order valence-corrected chi connectivity index (χ1v) is 9.72. The molecular weight excluding hydrogens is 427 g/mol. The molecule has 0 bridgehead atoms. The third-order valence-electron chi connectivity index (χ3n) is 4.79. The number of esters is 1. The summed E-state index contributed by atoms with van der Waals surface area (Å²) in [4.78, 5) is 36.3. The number of carbonyl (C=O) groups is 3. The second kappa shape index (κ2) is 9.61. The van der Waals surface area contributed by atoms with Crippen LogP contribution in [-0.4, -0.2) is 31.5 Å². The van der Waals surface area contributed by atoms with Gasteiger partial charge in [0.05, 0.1) is 12.1 Å². The summed E-state index contributed by atoms with van der Waals surface area (Å²) in [6, 6.07) is 8.76. The van der Waals surface area contributed by atoms with Crippen molar-refractivity contribution in [2.45, 2.75) is 19.3 Å². The molecular formula is C22H20ClFN2O5. The van der Waals surface area contributed by atoms with Gasteiger partial charge in [-0.3, -0.25) is 9.59 Å². The number of aryl methyl sites for hydroxylation is 1. The van der Waals surface area contributed by atoms with Gasteiger partial charge in [-0.15, -0.1) is 0 Å². The maximum atomic E-state index is 13.3. The normalized spacial score (nSPS) is 15.5. The fourth-order valence-corrected chi connectivity index (χ4v) is 3.39. The number of nitrogens with one attached hydrogen (secondary N) is 2. The third-order valence-corrected chi connectivity index (χ3v) is 5.08. The van der Waals surface area contributed by atoms with E-state index in [-0.39, 0.29) is 29.7 Å². The van der Waals surface area contributed by atoms with Crippen LogP contribution in [0.3, 0.4) is 0 Å². The molecule has 2 aromatic carbocycles. The lowest BCUT2D eigenvalue weighted by Gasteiger charge is -2.24. The van der Waals surface area contributed by atoms with Gasteiger partial charge in [-0.05, 0) is 36.2 Å². The molecule has 2 amide bonds. The van der Waals surface area contributed by atoms with Gasteiger partial charge in [0.15, 0.2) is 6.61 Å². The zero-order chi connectivity index (χ0) is 22.5. The molecule has 0 spiro atoms. The van der Waals surface area contributed by atoms with Crippen LogP contribution in [0.15, 0.2) is 48.2 Å². The summed E-state index contributed by atoms with van der Waals surface area (Å²) < 4.78 is 23.2. The molecule has 1 aliphatic rings. The van der Waals surface area contributed by atoms with Crippen molar-refractivity contribution in [3.05, 3.63) is 70.1 Å². The Morgan fingerprint density at radius 3 is 2.65 bits per heavy atom. The molecule has 1 atom stereocenters. The number of amides is 2. The van der Waals surface area contributed by atoms with Crippen LogP contribution in [0.2, 0.25) is 5.02 Å². The average Bonchev–Trinajstić information content (AvgIpc) is 2.74. The molecule has 0 saturated carbocycles. The first kappa shape index (κ1) is 22.3. The van der Waals surface area contributed by atoms with E-state index < -0.39 is 23.6 Å². The summed E-state index contributed by atoms with van der Waals surface area (Å²) in [5, 5.41) is 5.61. The predicted octanol–water partition coefficient (Wildman–Crippen LogP) is 3.47. The van der Waals surface area contributed by atoms with Gasteiger partial charge in [0.1, 0.15) is 11.6 Å². The standard InChI is InChI=1S/C22H20ClFN2O5/c1-12-7-17(23)19(31-11-21(28)30-2)9-18(12)26-22(29)16-10-25-20(27)8-15(16)13-3-5-14(24)6-4-13/h3-7,9-10,15H,8,11H2,1-2H3,(H,25,27)(H,26,29). The average molecular weight is 447 g/mol.